The van der Waals surface area contributed by atoms with Crippen molar-refractivity contribution in [3.8, 4) is 0 Å². The van der Waals surface area contributed by atoms with E-state index in [0.29, 0.717) is 29.6 Å². The Morgan fingerprint density at radius 3 is 2.61 bits per heavy atom. The summed E-state index contributed by atoms with van der Waals surface area (Å²) < 4.78 is 0. The van der Waals surface area contributed by atoms with Crippen molar-refractivity contribution in [2.75, 3.05) is 36.0 Å². The van der Waals surface area contributed by atoms with Gasteiger partial charge in [-0.25, -0.2) is 4.79 Å². The number of carbonyl (C=O) groups excluding carboxylic acids is 2. The predicted molar refractivity (Wildman–Crippen MR) is 153 cm³/mol. The number of halogens is 1. The summed E-state index contributed by atoms with van der Waals surface area (Å²) in [6, 6.07) is 13.6. The maximum Gasteiger partial charge on any atom is 0.324 e. The van der Waals surface area contributed by atoms with Gasteiger partial charge in [-0.2, -0.15) is 0 Å². The molecule has 2 saturated heterocycles. The fourth-order valence-electron chi connectivity index (χ4n) is 6.00. The highest BCUT2D eigenvalue weighted by atomic mass is 35.5. The van der Waals surface area contributed by atoms with Gasteiger partial charge in [0.05, 0.1) is 23.7 Å². The number of H-pyrrole nitrogens is 1. The number of aromatic nitrogens is 1. The van der Waals surface area contributed by atoms with Crippen molar-refractivity contribution < 1.29 is 9.59 Å². The summed E-state index contributed by atoms with van der Waals surface area (Å²) in [6.07, 6.45) is 4.47. The molecule has 0 spiro atoms. The first-order valence-electron chi connectivity index (χ1n) is 13.5. The van der Waals surface area contributed by atoms with E-state index in [9.17, 15) is 9.59 Å². The third-order valence-electron chi connectivity index (χ3n) is 7.91. The van der Waals surface area contributed by atoms with Crippen LogP contribution in [0.4, 0.5) is 16.2 Å². The Morgan fingerprint density at radius 1 is 1.08 bits per heavy atom. The van der Waals surface area contributed by atoms with Crippen molar-refractivity contribution in [3.63, 3.8) is 0 Å². The summed E-state index contributed by atoms with van der Waals surface area (Å²) in [7, 11) is 0. The molecule has 0 unspecified atom stereocenters. The van der Waals surface area contributed by atoms with Crippen molar-refractivity contribution in [1.29, 1.82) is 0 Å². The molecule has 3 aliphatic rings. The largest absolute Gasteiger partial charge is 0.360 e. The second-order valence-electron chi connectivity index (χ2n) is 10.7. The number of benzene rings is 2. The lowest BCUT2D eigenvalue weighted by atomic mass is 9.97. The number of hydrogen-bond acceptors (Lipinski definition) is 4. The average molecular weight is 533 g/mol. The van der Waals surface area contributed by atoms with Crippen LogP contribution in [-0.2, 0) is 0 Å². The number of nitrogens with zero attached hydrogens (tertiary/aromatic N) is 4. The highest BCUT2D eigenvalue weighted by Gasteiger charge is 2.44. The monoisotopic (exact) mass is 532 g/mol. The molecule has 6 rings (SSSR count). The number of urea groups is 1. The molecule has 2 N–H and O–H groups in total. The average Bonchev–Trinajstić information content (AvgIpc) is 3.48. The molecule has 2 aromatic carbocycles. The third-order valence-corrected chi connectivity index (χ3v) is 8.23. The molecule has 4 heterocycles. The number of amides is 3. The van der Waals surface area contributed by atoms with E-state index in [1.54, 1.807) is 12.3 Å². The van der Waals surface area contributed by atoms with E-state index in [1.807, 2.05) is 34.1 Å². The summed E-state index contributed by atoms with van der Waals surface area (Å²) in [4.78, 5) is 40.5. The first kappa shape index (κ1) is 24.8. The van der Waals surface area contributed by atoms with Crippen LogP contribution in [0.5, 0.6) is 0 Å². The van der Waals surface area contributed by atoms with Crippen LogP contribution in [0.2, 0.25) is 5.02 Å². The number of amidine groups is 1. The number of nitrogens with one attached hydrogen (secondary N) is 2. The molecule has 0 aliphatic carbocycles. The number of piperidine rings is 1. The number of anilines is 2. The number of aliphatic imine (C=N–C) groups is 1. The molecule has 198 valence electrons. The Hall–Kier alpha value is -3.52. The first-order chi connectivity index (χ1) is 18.4. The topological polar surface area (TPSA) is 84.0 Å². The third kappa shape index (κ3) is 4.41. The van der Waals surface area contributed by atoms with Gasteiger partial charge in [-0.05, 0) is 55.7 Å². The molecular formula is C29H33ClN6O2. The van der Waals surface area contributed by atoms with Gasteiger partial charge in [-0.15, -0.1) is 0 Å². The van der Waals surface area contributed by atoms with Crippen molar-refractivity contribution in [1.82, 2.24) is 15.2 Å². The van der Waals surface area contributed by atoms with Gasteiger partial charge in [0, 0.05) is 59.6 Å². The van der Waals surface area contributed by atoms with Crippen LogP contribution in [0.15, 0.2) is 53.7 Å². The van der Waals surface area contributed by atoms with Gasteiger partial charge >= 0.3 is 6.03 Å². The minimum absolute atomic E-state index is 0.00607. The molecule has 3 aliphatic heterocycles. The van der Waals surface area contributed by atoms with Crippen LogP contribution in [-0.4, -0.2) is 65.9 Å². The van der Waals surface area contributed by atoms with Crippen LogP contribution in [0.1, 0.15) is 43.5 Å². The Bertz CT molecular complexity index is 1400. The maximum absolute atomic E-state index is 13.4. The number of carbonyl (C=O) groups is 2. The zero-order valence-electron chi connectivity index (χ0n) is 21.8. The van der Waals surface area contributed by atoms with E-state index in [1.165, 1.54) is 0 Å². The van der Waals surface area contributed by atoms with Crippen molar-refractivity contribution in [2.24, 2.45) is 10.9 Å². The molecule has 2 atom stereocenters. The quantitative estimate of drug-likeness (QED) is 0.468. The van der Waals surface area contributed by atoms with Gasteiger partial charge in [-0.1, -0.05) is 31.5 Å². The predicted octanol–water partition coefficient (Wildman–Crippen LogP) is 5.29. The number of hydrogen-bond donors (Lipinski definition) is 2. The smallest absolute Gasteiger partial charge is 0.324 e. The fraction of sp³-hybridized carbons (Fsp3) is 0.414. The zero-order chi connectivity index (χ0) is 26.4. The molecule has 1 aromatic heterocycles. The Morgan fingerprint density at radius 2 is 1.84 bits per heavy atom. The Balaban J connectivity index is 1.17. The molecule has 2 fully saturated rings. The highest BCUT2D eigenvalue weighted by molar-refractivity contribution is 6.35. The lowest BCUT2D eigenvalue weighted by Crippen LogP contribution is -2.54. The van der Waals surface area contributed by atoms with Gasteiger partial charge in [0.2, 0.25) is 0 Å². The molecule has 3 aromatic rings. The van der Waals surface area contributed by atoms with E-state index >= 15 is 0 Å². The number of aromatic amines is 1. The van der Waals surface area contributed by atoms with Gasteiger partial charge < -0.3 is 20.1 Å². The van der Waals surface area contributed by atoms with Gasteiger partial charge in [0.15, 0.2) is 0 Å². The molecule has 8 nitrogen and oxygen atoms in total. The second kappa shape index (κ2) is 9.98. The van der Waals surface area contributed by atoms with Crippen LogP contribution in [0.3, 0.4) is 0 Å². The van der Waals surface area contributed by atoms with Crippen LogP contribution >= 0.6 is 11.6 Å². The summed E-state index contributed by atoms with van der Waals surface area (Å²) in [5, 5.41) is 4.74. The van der Waals surface area contributed by atoms with E-state index in [4.69, 9.17) is 16.6 Å². The van der Waals surface area contributed by atoms with Crippen molar-refractivity contribution in [2.45, 2.75) is 45.2 Å². The number of rotatable bonds is 5. The molecule has 0 saturated carbocycles. The Labute approximate surface area is 227 Å². The normalized spacial score (nSPS) is 21.7. The highest BCUT2D eigenvalue weighted by Crippen LogP contribution is 2.32. The molecule has 0 radical (unpaired) electrons. The summed E-state index contributed by atoms with van der Waals surface area (Å²) in [6.45, 7) is 7.45. The SMILES string of the molecule is CC(C)C1=NCCCN1c1ccc(N2C[C@@H]3[C@H](NC(=O)c4ccc5c(Cl)c[nH]c5c4)CCCN3C2=O)cc1. The van der Waals surface area contributed by atoms with E-state index in [0.717, 1.165) is 60.5 Å². The first-order valence-corrected chi connectivity index (χ1v) is 13.9. The van der Waals surface area contributed by atoms with E-state index < -0.39 is 0 Å². The lowest BCUT2D eigenvalue weighted by molar-refractivity contribution is 0.0887. The molecule has 3 amide bonds. The molecule has 38 heavy (non-hydrogen) atoms. The molecular weight excluding hydrogens is 500 g/mol. The summed E-state index contributed by atoms with van der Waals surface area (Å²) in [5.41, 5.74) is 3.39. The lowest BCUT2D eigenvalue weighted by Gasteiger charge is -2.35. The van der Waals surface area contributed by atoms with Crippen LogP contribution in [0.25, 0.3) is 10.9 Å². The minimum atomic E-state index is -0.135. The van der Waals surface area contributed by atoms with Crippen LogP contribution < -0.4 is 15.1 Å². The molecule has 9 heteroatoms. The zero-order valence-corrected chi connectivity index (χ0v) is 22.5. The van der Waals surface area contributed by atoms with Crippen molar-refractivity contribution in [3.05, 3.63) is 59.2 Å². The summed E-state index contributed by atoms with van der Waals surface area (Å²) >= 11 is 6.18. The fourth-order valence-corrected chi connectivity index (χ4v) is 6.22. The number of fused-ring (bicyclic) bond motifs is 2. The molecule has 0 bridgehead atoms. The maximum atomic E-state index is 13.4. The minimum Gasteiger partial charge on any atom is -0.360 e. The van der Waals surface area contributed by atoms with Gasteiger partial charge in [-0.3, -0.25) is 14.7 Å². The van der Waals surface area contributed by atoms with E-state index in [-0.39, 0.29) is 24.0 Å². The second-order valence-corrected chi connectivity index (χ2v) is 11.1. The Kier molecular flexibility index (Phi) is 6.51. The summed E-state index contributed by atoms with van der Waals surface area (Å²) in [5.74, 6) is 1.35. The van der Waals surface area contributed by atoms with E-state index in [2.05, 4.69) is 41.2 Å². The standard InChI is InChI=1S/C29H33ClN6O2/c1-18(2)27-31-12-4-14-34(27)20-7-9-21(10-8-20)36-17-26-24(5-3-13-35(26)29(36)38)33-28(37)19-6-11-22-23(30)16-32-25(22)15-19/h6-11,15-16,18,24,26,32H,3-5,12-14,17H2,1-2H3,(H,33,37)/t24-,26-/m1/s1. The van der Waals surface area contributed by atoms with Gasteiger partial charge in [0.1, 0.15) is 5.84 Å². The van der Waals surface area contributed by atoms with Crippen LogP contribution in [0, 0.1) is 5.92 Å². The van der Waals surface area contributed by atoms with Crippen molar-refractivity contribution >= 4 is 51.7 Å². The van der Waals surface area contributed by atoms with Gasteiger partial charge in [0.25, 0.3) is 5.91 Å².